The van der Waals surface area contributed by atoms with Gasteiger partial charge in [0.25, 0.3) is 5.91 Å². The van der Waals surface area contributed by atoms with E-state index in [4.69, 9.17) is 15.3 Å². The number of methoxy groups -OCH3 is 1. The number of thioether (sulfide) groups is 1. The van der Waals surface area contributed by atoms with E-state index >= 15 is 0 Å². The zero-order chi connectivity index (χ0) is 21.3. The third kappa shape index (κ3) is 3.55. The van der Waals surface area contributed by atoms with Crippen LogP contribution in [0.15, 0.2) is 10.5 Å². The number of β-lactam (4-membered cyclic amide) rings is 1. The van der Waals surface area contributed by atoms with Crippen LogP contribution in [0.5, 0.6) is 0 Å². The van der Waals surface area contributed by atoms with Crippen LogP contribution in [-0.2, 0) is 28.8 Å². The highest BCUT2D eigenvalue weighted by Crippen LogP contribution is 2.43. The smallest absolute Gasteiger partial charge is 0.322 e. The van der Waals surface area contributed by atoms with Crippen LogP contribution in [0.3, 0.4) is 0 Å². The van der Waals surface area contributed by atoms with Crippen molar-refractivity contribution in [2.75, 3.05) is 32.3 Å². The van der Waals surface area contributed by atoms with Crippen molar-refractivity contribution < 1.29 is 28.8 Å². The molecule has 3 N–H and O–H groups in total. The zero-order valence-electron chi connectivity index (χ0n) is 15.8. The molecule has 0 bridgehead atoms. The van der Waals surface area contributed by atoms with E-state index in [2.05, 4.69) is 15.5 Å². The molecule has 0 aliphatic carbocycles. The molecule has 2 amide bonds. The Bertz CT molecular complexity index is 902. The lowest BCUT2D eigenvalue weighted by Crippen LogP contribution is -2.74. The summed E-state index contributed by atoms with van der Waals surface area (Å²) in [7, 11) is 2.48. The molecule has 2 unspecified atom stereocenters. The van der Waals surface area contributed by atoms with E-state index in [1.165, 1.54) is 37.8 Å². The summed E-state index contributed by atoms with van der Waals surface area (Å²) in [4.78, 5) is 59.7. The van der Waals surface area contributed by atoms with Gasteiger partial charge >= 0.3 is 5.97 Å². The van der Waals surface area contributed by atoms with Gasteiger partial charge in [0.05, 0.1) is 7.11 Å². The number of oxime groups is 1. The topological polar surface area (TPSA) is 153 Å². The van der Waals surface area contributed by atoms with Gasteiger partial charge in [0, 0.05) is 17.7 Å². The fourth-order valence-corrected chi connectivity index (χ4v) is 5.30. The second kappa shape index (κ2) is 7.99. The Kier molecular flexibility index (Phi) is 5.80. The molecule has 156 valence electrons. The second-order valence-electron chi connectivity index (χ2n) is 6.44. The van der Waals surface area contributed by atoms with E-state index in [9.17, 15) is 19.2 Å². The van der Waals surface area contributed by atoms with E-state index in [0.717, 1.165) is 11.3 Å². The minimum Gasteiger partial charge on any atom is -0.468 e. The van der Waals surface area contributed by atoms with Crippen LogP contribution >= 0.6 is 23.1 Å². The number of nitrogen functional groups attached to an aromatic ring is 1. The molecule has 2 aliphatic heterocycles. The number of esters is 1. The molecule has 13 heteroatoms. The molecule has 2 saturated heterocycles. The van der Waals surface area contributed by atoms with Crippen molar-refractivity contribution >= 4 is 57.5 Å². The Morgan fingerprint density at radius 3 is 2.69 bits per heavy atom. The molecular formula is C16H19N5O6S2. The fraction of sp³-hybridized carbons (Fsp3) is 0.500. The fourth-order valence-electron chi connectivity index (χ4n) is 3.15. The van der Waals surface area contributed by atoms with Crippen molar-refractivity contribution in [2.45, 2.75) is 18.3 Å². The third-order valence-electron chi connectivity index (χ3n) is 4.78. The summed E-state index contributed by atoms with van der Waals surface area (Å²) >= 11 is 2.37. The Morgan fingerprint density at radius 1 is 1.41 bits per heavy atom. The number of fused-ring (bicyclic) bond motifs is 1. The SMILES string of the molecule is CO/N=C(\C(=O)NC1C(=O)N2CC(C(C)=O)(C(=O)OC)CS[C@H]12)c1csc(N)n1. The number of carbonyl (C=O) groups is 4. The summed E-state index contributed by atoms with van der Waals surface area (Å²) in [6.07, 6.45) is 0. The molecule has 0 radical (unpaired) electrons. The summed E-state index contributed by atoms with van der Waals surface area (Å²) in [5, 5.41) is 7.70. The third-order valence-corrected chi connectivity index (χ3v) is 6.98. The number of nitrogens with one attached hydrogen (secondary N) is 1. The first kappa shape index (κ1) is 21.0. The van der Waals surface area contributed by atoms with Crippen LogP contribution in [0, 0.1) is 5.41 Å². The van der Waals surface area contributed by atoms with Gasteiger partial charge in [-0.2, -0.15) is 0 Å². The van der Waals surface area contributed by atoms with Crippen molar-refractivity contribution in [3.8, 4) is 0 Å². The number of amides is 2. The van der Waals surface area contributed by atoms with Crippen LogP contribution in [0.2, 0.25) is 0 Å². The second-order valence-corrected chi connectivity index (χ2v) is 8.44. The van der Waals surface area contributed by atoms with E-state index in [0.29, 0.717) is 0 Å². The quantitative estimate of drug-likeness (QED) is 0.190. The van der Waals surface area contributed by atoms with Gasteiger partial charge in [-0.25, -0.2) is 4.98 Å². The summed E-state index contributed by atoms with van der Waals surface area (Å²) in [5.41, 5.74) is 4.31. The van der Waals surface area contributed by atoms with Crippen LogP contribution < -0.4 is 11.1 Å². The number of nitrogens with zero attached hydrogens (tertiary/aromatic N) is 3. The molecule has 2 aliphatic rings. The maximum atomic E-state index is 12.6. The molecule has 11 nitrogen and oxygen atoms in total. The normalized spacial score (nSPS) is 26.2. The number of hydrogen-bond acceptors (Lipinski definition) is 11. The number of rotatable bonds is 6. The van der Waals surface area contributed by atoms with Gasteiger partial charge in [0.2, 0.25) is 5.91 Å². The van der Waals surface area contributed by atoms with Crippen molar-refractivity contribution in [3.63, 3.8) is 0 Å². The van der Waals surface area contributed by atoms with Crippen LogP contribution in [0.1, 0.15) is 12.6 Å². The first-order valence-corrected chi connectivity index (χ1v) is 10.3. The van der Waals surface area contributed by atoms with E-state index in [1.54, 1.807) is 5.38 Å². The van der Waals surface area contributed by atoms with Crippen molar-refractivity contribution in [3.05, 3.63) is 11.1 Å². The number of ether oxygens (including phenoxy) is 1. The number of hydrogen-bond donors (Lipinski definition) is 2. The molecule has 2 fully saturated rings. The predicted molar refractivity (Wildman–Crippen MR) is 105 cm³/mol. The van der Waals surface area contributed by atoms with Crippen LogP contribution in [-0.4, -0.2) is 77.1 Å². The molecule has 29 heavy (non-hydrogen) atoms. The highest BCUT2D eigenvalue weighted by Gasteiger charge is 2.59. The Morgan fingerprint density at radius 2 is 2.14 bits per heavy atom. The van der Waals surface area contributed by atoms with E-state index in [-0.39, 0.29) is 34.6 Å². The van der Waals surface area contributed by atoms with Crippen LogP contribution in [0.4, 0.5) is 5.13 Å². The average molecular weight is 441 g/mol. The highest BCUT2D eigenvalue weighted by molar-refractivity contribution is 8.00. The largest absolute Gasteiger partial charge is 0.468 e. The van der Waals surface area contributed by atoms with Gasteiger partial charge in [0.1, 0.15) is 30.0 Å². The lowest BCUT2D eigenvalue weighted by atomic mass is 9.83. The molecule has 1 aromatic rings. The zero-order valence-corrected chi connectivity index (χ0v) is 17.5. The predicted octanol–water partition coefficient (Wildman–Crippen LogP) is -0.776. The van der Waals surface area contributed by atoms with Crippen molar-refractivity contribution in [1.29, 1.82) is 0 Å². The number of carbonyl (C=O) groups excluding carboxylic acids is 4. The maximum absolute atomic E-state index is 12.6. The number of Topliss-reactive ketones (excluding diaryl/α,β-unsaturated/α-hetero) is 1. The van der Waals surface area contributed by atoms with Gasteiger partial charge in [-0.15, -0.1) is 23.1 Å². The maximum Gasteiger partial charge on any atom is 0.322 e. The van der Waals surface area contributed by atoms with Gasteiger partial charge in [-0.05, 0) is 6.92 Å². The monoisotopic (exact) mass is 441 g/mol. The summed E-state index contributed by atoms with van der Waals surface area (Å²) < 4.78 is 4.77. The summed E-state index contributed by atoms with van der Waals surface area (Å²) in [5.74, 6) is -1.94. The lowest BCUT2D eigenvalue weighted by molar-refractivity contribution is -0.163. The number of thiazole rings is 1. The molecule has 3 rings (SSSR count). The Balaban J connectivity index is 1.73. The number of nitrogens with two attached hydrogens (primary N) is 1. The minimum absolute atomic E-state index is 0.0838. The molecular weight excluding hydrogens is 422 g/mol. The highest BCUT2D eigenvalue weighted by atomic mass is 32.2. The Labute approximate surface area is 174 Å². The first-order chi connectivity index (χ1) is 13.7. The first-order valence-electron chi connectivity index (χ1n) is 8.40. The molecule has 0 saturated carbocycles. The molecule has 1 aromatic heterocycles. The number of aromatic nitrogens is 1. The Hall–Kier alpha value is -2.67. The number of anilines is 1. The van der Waals surface area contributed by atoms with Crippen molar-refractivity contribution in [2.24, 2.45) is 10.6 Å². The standard InChI is InChI=1S/C16H19N5O6S2/c1-7(22)16(14(25)26-2)5-21-12(24)10(13(21)29-6-16)19-11(23)9(20-27-3)8-4-28-15(17)18-8/h4,10,13H,5-6H2,1-3H3,(H2,17,18)(H,19,23)/b20-9-/t10?,13-,16?/m1/s1. The van der Waals surface area contributed by atoms with Gasteiger partial charge in [-0.3, -0.25) is 19.2 Å². The minimum atomic E-state index is -1.40. The molecule has 0 aromatic carbocycles. The van der Waals surface area contributed by atoms with Crippen molar-refractivity contribution in [1.82, 2.24) is 15.2 Å². The van der Waals surface area contributed by atoms with Gasteiger partial charge in [0.15, 0.2) is 16.3 Å². The summed E-state index contributed by atoms with van der Waals surface area (Å²) in [6.45, 7) is 1.22. The molecule has 3 atom stereocenters. The van der Waals surface area contributed by atoms with E-state index in [1.807, 2.05) is 0 Å². The lowest BCUT2D eigenvalue weighted by Gasteiger charge is -2.53. The van der Waals surface area contributed by atoms with Gasteiger partial charge < -0.3 is 25.5 Å². The summed E-state index contributed by atoms with van der Waals surface area (Å²) in [6, 6.07) is -0.826. The van der Waals surface area contributed by atoms with E-state index < -0.39 is 34.6 Å². The number of ketones is 1. The molecule has 0 spiro atoms. The van der Waals surface area contributed by atoms with Gasteiger partial charge in [-0.1, -0.05) is 5.16 Å². The molecule has 3 heterocycles. The van der Waals surface area contributed by atoms with Crippen LogP contribution in [0.25, 0.3) is 0 Å². The average Bonchev–Trinajstić information content (AvgIpc) is 3.14.